The highest BCUT2D eigenvalue weighted by molar-refractivity contribution is 6.42. The molecular weight excluding hydrogens is 339 g/mol. The van der Waals surface area contributed by atoms with Crippen LogP contribution in [0, 0.1) is 0 Å². The molecule has 23 heavy (non-hydrogen) atoms. The Hall–Kier alpha value is -1.59. The van der Waals surface area contributed by atoms with Crippen molar-refractivity contribution >= 4 is 40.9 Å². The van der Waals surface area contributed by atoms with Crippen LogP contribution in [-0.2, 0) is 20.8 Å². The number of hydrogen-bond donors (Lipinski definition) is 0. The lowest BCUT2D eigenvalue weighted by molar-refractivity contribution is -0.151. The Kier molecular flexibility index (Phi) is 4.60. The minimum absolute atomic E-state index is 0.0198. The SMILES string of the molecule is O=C(CCc1ccc(Cl)c(Cl)c1)N1CC(N2C(=O)CCC2=O)C1. The largest absolute Gasteiger partial charge is 0.338 e. The molecule has 2 saturated heterocycles. The van der Waals surface area contributed by atoms with Crippen molar-refractivity contribution in [3.63, 3.8) is 0 Å². The van der Waals surface area contributed by atoms with Gasteiger partial charge < -0.3 is 4.90 Å². The molecule has 0 bridgehead atoms. The summed E-state index contributed by atoms with van der Waals surface area (Å²) in [5.74, 6) is -0.225. The van der Waals surface area contributed by atoms with Crippen LogP contribution >= 0.6 is 23.2 Å². The second-order valence-electron chi connectivity index (χ2n) is 5.86. The number of aryl methyl sites for hydroxylation is 1. The van der Waals surface area contributed by atoms with Gasteiger partial charge in [0, 0.05) is 32.4 Å². The monoisotopic (exact) mass is 354 g/mol. The molecule has 2 fully saturated rings. The number of imide groups is 1. The Labute approximate surface area is 144 Å². The van der Waals surface area contributed by atoms with Crippen LogP contribution < -0.4 is 0 Å². The Morgan fingerprint density at radius 2 is 1.74 bits per heavy atom. The van der Waals surface area contributed by atoms with E-state index in [0.717, 1.165) is 5.56 Å². The molecule has 1 aromatic rings. The Morgan fingerprint density at radius 1 is 1.09 bits per heavy atom. The molecule has 7 heteroatoms. The minimum atomic E-state index is -0.147. The third-order valence-corrected chi connectivity index (χ3v) is 5.02. The van der Waals surface area contributed by atoms with Gasteiger partial charge in [0.05, 0.1) is 16.1 Å². The van der Waals surface area contributed by atoms with E-state index in [1.54, 1.807) is 17.0 Å². The minimum Gasteiger partial charge on any atom is -0.338 e. The summed E-state index contributed by atoms with van der Waals surface area (Å²) in [5, 5.41) is 0.971. The molecule has 2 aliphatic heterocycles. The maximum Gasteiger partial charge on any atom is 0.230 e. The Bertz CT molecular complexity index is 655. The Morgan fingerprint density at radius 3 is 2.35 bits per heavy atom. The summed E-state index contributed by atoms with van der Waals surface area (Å²) in [5.41, 5.74) is 0.953. The topological polar surface area (TPSA) is 57.7 Å². The van der Waals surface area contributed by atoms with Gasteiger partial charge >= 0.3 is 0 Å². The van der Waals surface area contributed by atoms with E-state index in [2.05, 4.69) is 0 Å². The van der Waals surface area contributed by atoms with Crippen molar-refractivity contribution in [1.29, 1.82) is 0 Å². The van der Waals surface area contributed by atoms with Crippen molar-refractivity contribution in [2.75, 3.05) is 13.1 Å². The van der Waals surface area contributed by atoms with Crippen LogP contribution in [0.25, 0.3) is 0 Å². The molecule has 0 aromatic heterocycles. The fourth-order valence-corrected chi connectivity index (χ4v) is 3.25. The molecule has 5 nitrogen and oxygen atoms in total. The summed E-state index contributed by atoms with van der Waals surface area (Å²) in [7, 11) is 0. The lowest BCUT2D eigenvalue weighted by Gasteiger charge is -2.43. The van der Waals surface area contributed by atoms with Crippen molar-refractivity contribution < 1.29 is 14.4 Å². The smallest absolute Gasteiger partial charge is 0.230 e. The van der Waals surface area contributed by atoms with Crippen LogP contribution in [0.2, 0.25) is 10.0 Å². The number of halogens is 2. The van der Waals surface area contributed by atoms with Gasteiger partial charge in [-0.25, -0.2) is 0 Å². The number of rotatable bonds is 4. The first-order chi connectivity index (χ1) is 11.0. The first-order valence-electron chi connectivity index (χ1n) is 7.52. The molecule has 3 amide bonds. The van der Waals surface area contributed by atoms with Gasteiger partial charge in [-0.05, 0) is 24.1 Å². The van der Waals surface area contributed by atoms with Crippen LogP contribution in [0.3, 0.4) is 0 Å². The van der Waals surface area contributed by atoms with Crippen molar-refractivity contribution in [3.05, 3.63) is 33.8 Å². The molecule has 0 unspecified atom stereocenters. The van der Waals surface area contributed by atoms with E-state index in [4.69, 9.17) is 23.2 Å². The van der Waals surface area contributed by atoms with E-state index in [1.807, 2.05) is 6.07 Å². The van der Waals surface area contributed by atoms with Gasteiger partial charge in [-0.1, -0.05) is 29.3 Å². The Balaban J connectivity index is 1.48. The van der Waals surface area contributed by atoms with Gasteiger partial charge in [0.1, 0.15) is 0 Å². The highest BCUT2D eigenvalue weighted by Crippen LogP contribution is 2.25. The summed E-state index contributed by atoms with van der Waals surface area (Å²) in [6, 6.07) is 5.18. The third kappa shape index (κ3) is 3.35. The van der Waals surface area contributed by atoms with Gasteiger partial charge in [0.2, 0.25) is 17.7 Å². The lowest BCUT2D eigenvalue weighted by Crippen LogP contribution is -2.62. The van der Waals surface area contributed by atoms with E-state index in [9.17, 15) is 14.4 Å². The molecule has 3 rings (SSSR count). The van der Waals surface area contributed by atoms with E-state index in [0.29, 0.717) is 48.8 Å². The molecular formula is C16H16Cl2N2O3. The molecule has 122 valence electrons. The lowest BCUT2D eigenvalue weighted by atomic mass is 10.0. The number of carbonyl (C=O) groups excluding carboxylic acids is 3. The quantitative estimate of drug-likeness (QED) is 0.779. The third-order valence-electron chi connectivity index (χ3n) is 4.28. The highest BCUT2D eigenvalue weighted by Gasteiger charge is 2.42. The van der Waals surface area contributed by atoms with E-state index in [-0.39, 0.29) is 23.8 Å². The molecule has 1 aromatic carbocycles. The molecule has 0 atom stereocenters. The van der Waals surface area contributed by atoms with Crippen LogP contribution in [0.1, 0.15) is 24.8 Å². The molecule has 2 heterocycles. The standard InChI is InChI=1S/C16H16Cl2N2O3/c17-12-3-1-10(7-13(12)18)2-4-14(21)19-8-11(9-19)20-15(22)5-6-16(20)23/h1,3,7,11H,2,4-6,8-9H2. The van der Waals surface area contributed by atoms with E-state index < -0.39 is 0 Å². The molecule has 0 saturated carbocycles. The summed E-state index contributed by atoms with van der Waals surface area (Å²) in [6.07, 6.45) is 1.53. The predicted octanol–water partition coefficient (Wildman–Crippen LogP) is 2.29. The normalized spacial score (nSPS) is 18.5. The second kappa shape index (κ2) is 6.49. The van der Waals surface area contributed by atoms with Crippen molar-refractivity contribution in [3.8, 4) is 0 Å². The molecule has 0 N–H and O–H groups in total. The van der Waals surface area contributed by atoms with Crippen LogP contribution in [0.4, 0.5) is 0 Å². The maximum atomic E-state index is 12.2. The summed E-state index contributed by atoms with van der Waals surface area (Å²) in [4.78, 5) is 38.4. The molecule has 0 radical (unpaired) electrons. The first-order valence-corrected chi connectivity index (χ1v) is 8.28. The number of nitrogens with zero attached hydrogens (tertiary/aromatic N) is 2. The zero-order chi connectivity index (χ0) is 16.6. The van der Waals surface area contributed by atoms with E-state index >= 15 is 0 Å². The van der Waals surface area contributed by atoms with Gasteiger partial charge in [-0.2, -0.15) is 0 Å². The summed E-state index contributed by atoms with van der Waals surface area (Å²) in [6.45, 7) is 0.884. The van der Waals surface area contributed by atoms with Gasteiger partial charge in [-0.15, -0.1) is 0 Å². The van der Waals surface area contributed by atoms with Gasteiger partial charge in [-0.3, -0.25) is 19.3 Å². The summed E-state index contributed by atoms with van der Waals surface area (Å²) < 4.78 is 0. The number of benzene rings is 1. The highest BCUT2D eigenvalue weighted by atomic mass is 35.5. The average Bonchev–Trinajstić information content (AvgIpc) is 2.79. The maximum absolute atomic E-state index is 12.2. The second-order valence-corrected chi connectivity index (χ2v) is 6.67. The number of likely N-dealkylation sites (tertiary alicyclic amines) is 2. The van der Waals surface area contributed by atoms with Crippen molar-refractivity contribution in [2.45, 2.75) is 31.7 Å². The van der Waals surface area contributed by atoms with Crippen LogP contribution in [-0.4, -0.2) is 46.7 Å². The van der Waals surface area contributed by atoms with E-state index in [1.165, 1.54) is 4.90 Å². The summed E-state index contributed by atoms with van der Waals surface area (Å²) >= 11 is 11.8. The fourth-order valence-electron chi connectivity index (χ4n) is 2.93. The predicted molar refractivity (Wildman–Crippen MR) is 86.2 cm³/mol. The van der Waals surface area contributed by atoms with Crippen LogP contribution in [0.5, 0.6) is 0 Å². The average molecular weight is 355 g/mol. The first kappa shape index (κ1) is 16.3. The molecule has 0 aliphatic carbocycles. The number of amides is 3. The van der Waals surface area contributed by atoms with Crippen molar-refractivity contribution in [1.82, 2.24) is 9.80 Å². The van der Waals surface area contributed by atoms with Crippen LogP contribution in [0.15, 0.2) is 18.2 Å². The fraction of sp³-hybridized carbons (Fsp3) is 0.438. The van der Waals surface area contributed by atoms with Gasteiger partial charge in [0.15, 0.2) is 0 Å². The number of carbonyl (C=O) groups is 3. The number of hydrogen-bond acceptors (Lipinski definition) is 3. The molecule has 0 spiro atoms. The zero-order valence-electron chi connectivity index (χ0n) is 12.4. The zero-order valence-corrected chi connectivity index (χ0v) is 13.9. The van der Waals surface area contributed by atoms with Crippen molar-refractivity contribution in [2.24, 2.45) is 0 Å². The molecule has 2 aliphatic rings. The van der Waals surface area contributed by atoms with Gasteiger partial charge in [0.25, 0.3) is 0 Å².